The van der Waals surface area contributed by atoms with Crippen LogP contribution >= 0.6 is 0 Å². The lowest BCUT2D eigenvalue weighted by Crippen LogP contribution is -2.22. The summed E-state index contributed by atoms with van der Waals surface area (Å²) in [6.07, 6.45) is 1.82. The van der Waals surface area contributed by atoms with Gasteiger partial charge in [-0.2, -0.15) is 0 Å². The van der Waals surface area contributed by atoms with Crippen LogP contribution in [0.3, 0.4) is 0 Å². The average molecular weight is 269 g/mol. The van der Waals surface area contributed by atoms with E-state index in [-0.39, 0.29) is 11.5 Å². The molecule has 1 N–H and O–H groups in total. The maximum atomic E-state index is 12.3. The second kappa shape index (κ2) is 4.34. The predicted molar refractivity (Wildman–Crippen MR) is 76.3 cm³/mol. The molecule has 2 aromatic rings. The minimum Gasteiger partial charge on any atom is -0.478 e. The molecule has 0 spiro atoms. The summed E-state index contributed by atoms with van der Waals surface area (Å²) in [5.41, 5.74) is 2.94. The third-order valence-corrected chi connectivity index (χ3v) is 3.86. The molecule has 0 fully saturated rings. The fraction of sp³-hybridized carbons (Fsp3) is 0.250. The highest BCUT2D eigenvalue weighted by Gasteiger charge is 2.24. The first-order chi connectivity index (χ1) is 9.50. The Labute approximate surface area is 116 Å². The molecule has 102 valence electrons. The van der Waals surface area contributed by atoms with Crippen molar-refractivity contribution in [2.45, 2.75) is 12.8 Å². The van der Waals surface area contributed by atoms with Crippen molar-refractivity contribution in [3.05, 3.63) is 46.5 Å². The first kappa shape index (κ1) is 12.7. The number of aromatic carboxylic acids is 1. The van der Waals surface area contributed by atoms with Crippen LogP contribution in [0.1, 0.15) is 31.8 Å². The van der Waals surface area contributed by atoms with Crippen molar-refractivity contribution in [2.24, 2.45) is 0 Å². The average Bonchev–Trinajstić information content (AvgIpc) is 2.83. The Morgan fingerprint density at radius 2 is 1.50 bits per heavy atom. The van der Waals surface area contributed by atoms with Crippen LogP contribution in [-0.2, 0) is 12.8 Å². The van der Waals surface area contributed by atoms with Crippen molar-refractivity contribution in [1.29, 1.82) is 0 Å². The van der Waals surface area contributed by atoms with E-state index in [1.54, 1.807) is 26.2 Å². The van der Waals surface area contributed by atoms with Crippen LogP contribution in [0.4, 0.5) is 0 Å². The van der Waals surface area contributed by atoms with E-state index in [9.17, 15) is 14.7 Å². The van der Waals surface area contributed by atoms with Crippen molar-refractivity contribution in [3.8, 4) is 0 Å². The number of hydrogen-bond acceptors (Lipinski definition) is 2. The number of rotatable bonds is 2. The minimum absolute atomic E-state index is 0.164. The van der Waals surface area contributed by atoms with Crippen LogP contribution in [0, 0.1) is 0 Å². The summed E-state index contributed by atoms with van der Waals surface area (Å²) in [6, 6.07) is 7.18. The van der Waals surface area contributed by atoms with Gasteiger partial charge in [-0.25, -0.2) is 4.79 Å². The van der Waals surface area contributed by atoms with Gasteiger partial charge in [-0.15, -0.1) is 0 Å². The van der Waals surface area contributed by atoms with E-state index in [1.165, 1.54) is 4.90 Å². The monoisotopic (exact) mass is 269 g/mol. The van der Waals surface area contributed by atoms with Crippen molar-refractivity contribution in [3.63, 3.8) is 0 Å². The van der Waals surface area contributed by atoms with E-state index >= 15 is 0 Å². The molecular weight excluding hydrogens is 254 g/mol. The summed E-state index contributed by atoms with van der Waals surface area (Å²) >= 11 is 0. The van der Waals surface area contributed by atoms with Crippen molar-refractivity contribution in [2.75, 3.05) is 14.1 Å². The Balaban J connectivity index is 2.43. The van der Waals surface area contributed by atoms with Gasteiger partial charge in [0.05, 0.1) is 5.56 Å². The topological polar surface area (TPSA) is 57.6 Å². The Kier molecular flexibility index (Phi) is 2.74. The lowest BCUT2D eigenvalue weighted by molar-refractivity contribution is 0.0699. The molecule has 2 aromatic carbocycles. The zero-order valence-corrected chi connectivity index (χ0v) is 11.4. The third kappa shape index (κ3) is 1.68. The van der Waals surface area contributed by atoms with Crippen LogP contribution in [0.25, 0.3) is 10.8 Å². The molecule has 0 saturated carbocycles. The second-order valence-corrected chi connectivity index (χ2v) is 5.30. The number of nitrogens with zero attached hydrogens (tertiary/aromatic N) is 1. The van der Waals surface area contributed by atoms with Crippen molar-refractivity contribution < 1.29 is 14.7 Å². The van der Waals surface area contributed by atoms with Crippen molar-refractivity contribution in [1.82, 2.24) is 4.90 Å². The Bertz CT molecular complexity index is 737. The molecule has 4 nitrogen and oxygen atoms in total. The quantitative estimate of drug-likeness (QED) is 0.910. The zero-order valence-electron chi connectivity index (χ0n) is 11.4. The van der Waals surface area contributed by atoms with Gasteiger partial charge in [-0.1, -0.05) is 12.1 Å². The van der Waals surface area contributed by atoms with Crippen LogP contribution in [-0.4, -0.2) is 36.0 Å². The van der Waals surface area contributed by atoms with Gasteiger partial charge in [0.15, 0.2) is 0 Å². The van der Waals surface area contributed by atoms with Crippen LogP contribution in [0.2, 0.25) is 0 Å². The van der Waals surface area contributed by atoms with E-state index in [2.05, 4.69) is 0 Å². The number of carbonyl (C=O) groups is 2. The van der Waals surface area contributed by atoms with Gasteiger partial charge >= 0.3 is 5.97 Å². The summed E-state index contributed by atoms with van der Waals surface area (Å²) in [4.78, 5) is 25.3. The SMILES string of the molecule is CN(C)C(=O)c1ccc2c3c(ccc(C(=O)O)c13)CC2. The molecule has 3 rings (SSSR count). The van der Waals surface area contributed by atoms with Crippen molar-refractivity contribution >= 4 is 22.6 Å². The molecule has 0 aliphatic heterocycles. The molecule has 4 heteroatoms. The Morgan fingerprint density at radius 1 is 0.950 bits per heavy atom. The zero-order chi connectivity index (χ0) is 14.4. The molecule has 1 aliphatic rings. The molecule has 0 unspecified atom stereocenters. The highest BCUT2D eigenvalue weighted by Crippen LogP contribution is 2.35. The minimum atomic E-state index is -0.992. The molecular formula is C16H15NO3. The Hall–Kier alpha value is -2.36. The van der Waals surface area contributed by atoms with E-state index in [1.807, 2.05) is 12.1 Å². The first-order valence-corrected chi connectivity index (χ1v) is 6.53. The van der Waals surface area contributed by atoms with Gasteiger partial charge in [0, 0.05) is 25.0 Å². The number of carbonyl (C=O) groups excluding carboxylic acids is 1. The maximum Gasteiger partial charge on any atom is 0.336 e. The fourth-order valence-corrected chi connectivity index (χ4v) is 2.93. The van der Waals surface area contributed by atoms with Crippen LogP contribution < -0.4 is 0 Å². The molecule has 0 heterocycles. The fourth-order valence-electron chi connectivity index (χ4n) is 2.93. The number of amides is 1. The van der Waals surface area contributed by atoms with E-state index in [4.69, 9.17) is 0 Å². The molecule has 1 amide bonds. The van der Waals surface area contributed by atoms with Crippen LogP contribution in [0.15, 0.2) is 24.3 Å². The summed E-state index contributed by atoms with van der Waals surface area (Å²) < 4.78 is 0. The standard InChI is InChI=1S/C16H15NO3/c1-17(2)15(18)11-7-5-9-3-4-10-6-8-12(16(19)20)14(11)13(9)10/h5-8H,3-4H2,1-2H3,(H,19,20). The maximum absolute atomic E-state index is 12.3. The first-order valence-electron chi connectivity index (χ1n) is 6.53. The Morgan fingerprint density at radius 3 is 2.00 bits per heavy atom. The van der Waals surface area contributed by atoms with Gasteiger partial charge < -0.3 is 10.0 Å². The molecule has 1 aliphatic carbocycles. The normalized spacial score (nSPS) is 12.7. The predicted octanol–water partition coefficient (Wildman–Crippen LogP) is 2.34. The van der Waals surface area contributed by atoms with E-state index in [0.29, 0.717) is 10.9 Å². The number of carboxylic acid groups (broad SMARTS) is 1. The molecule has 0 radical (unpaired) electrons. The summed E-state index contributed by atoms with van der Waals surface area (Å²) in [7, 11) is 3.35. The smallest absolute Gasteiger partial charge is 0.336 e. The molecule has 20 heavy (non-hydrogen) atoms. The molecule has 0 saturated heterocycles. The highest BCUT2D eigenvalue weighted by molar-refractivity contribution is 6.16. The second-order valence-electron chi connectivity index (χ2n) is 5.30. The molecule has 0 aromatic heterocycles. The highest BCUT2D eigenvalue weighted by atomic mass is 16.4. The number of carboxylic acids is 1. The lowest BCUT2D eigenvalue weighted by atomic mass is 9.95. The van der Waals surface area contributed by atoms with Crippen LogP contribution in [0.5, 0.6) is 0 Å². The van der Waals surface area contributed by atoms with Gasteiger partial charge in [-0.05, 0) is 41.5 Å². The van der Waals surface area contributed by atoms with E-state index < -0.39 is 5.97 Å². The third-order valence-electron chi connectivity index (χ3n) is 3.86. The molecule has 0 bridgehead atoms. The van der Waals surface area contributed by atoms with Gasteiger partial charge in [-0.3, -0.25) is 4.79 Å². The molecule has 0 atom stereocenters. The lowest BCUT2D eigenvalue weighted by Gasteiger charge is -2.15. The van der Waals surface area contributed by atoms with Gasteiger partial charge in [0.1, 0.15) is 0 Å². The number of hydrogen-bond donors (Lipinski definition) is 1. The largest absolute Gasteiger partial charge is 0.478 e. The summed E-state index contributed by atoms with van der Waals surface area (Å²) in [5, 5.41) is 10.9. The number of aryl methyl sites for hydroxylation is 2. The van der Waals surface area contributed by atoms with E-state index in [0.717, 1.165) is 29.4 Å². The summed E-state index contributed by atoms with van der Waals surface area (Å²) in [5.74, 6) is -1.16. The van der Waals surface area contributed by atoms with Gasteiger partial charge in [0.2, 0.25) is 0 Å². The summed E-state index contributed by atoms with van der Waals surface area (Å²) in [6.45, 7) is 0. The number of benzene rings is 2. The van der Waals surface area contributed by atoms with Gasteiger partial charge in [0.25, 0.3) is 5.91 Å².